The lowest BCUT2D eigenvalue weighted by Crippen LogP contribution is -2.33. The maximum Gasteiger partial charge on any atom is 0.221 e. The van der Waals surface area contributed by atoms with Gasteiger partial charge in [0.15, 0.2) is 16.7 Å². The van der Waals surface area contributed by atoms with Crippen LogP contribution in [0.25, 0.3) is 0 Å². The van der Waals surface area contributed by atoms with Gasteiger partial charge in [0.25, 0.3) is 0 Å². The zero-order chi connectivity index (χ0) is 14.3. The molecule has 1 heterocycles. The Hall–Kier alpha value is -1.56. The van der Waals surface area contributed by atoms with Gasteiger partial charge in [-0.15, -0.1) is 0 Å². The Labute approximate surface area is 117 Å². The van der Waals surface area contributed by atoms with E-state index in [1.807, 2.05) is 13.8 Å². The van der Waals surface area contributed by atoms with E-state index < -0.39 is 0 Å². The summed E-state index contributed by atoms with van der Waals surface area (Å²) in [4.78, 5) is 19.4. The van der Waals surface area contributed by atoms with Gasteiger partial charge in [0.05, 0.1) is 7.11 Å². The molecule has 106 valence electrons. The Morgan fingerprint density at radius 3 is 2.89 bits per heavy atom. The van der Waals surface area contributed by atoms with Gasteiger partial charge in [0.1, 0.15) is 6.33 Å². The fourth-order valence-electron chi connectivity index (χ4n) is 1.40. The van der Waals surface area contributed by atoms with E-state index in [0.717, 1.165) is 6.42 Å². The third-order valence-corrected chi connectivity index (χ3v) is 2.90. The van der Waals surface area contributed by atoms with E-state index in [9.17, 15) is 4.79 Å². The second-order valence-corrected chi connectivity index (χ2v) is 4.46. The minimum Gasteiger partial charge on any atom is -0.490 e. The van der Waals surface area contributed by atoms with Crippen LogP contribution in [-0.4, -0.2) is 35.6 Å². The van der Waals surface area contributed by atoms with Crippen LogP contribution in [0.15, 0.2) is 6.33 Å². The highest BCUT2D eigenvalue weighted by molar-refractivity contribution is 6.31. The summed E-state index contributed by atoms with van der Waals surface area (Å²) in [5, 5.41) is 6.13. The third-order valence-electron chi connectivity index (χ3n) is 2.63. The van der Waals surface area contributed by atoms with E-state index in [0.29, 0.717) is 24.5 Å². The van der Waals surface area contributed by atoms with Crippen molar-refractivity contribution in [3.05, 3.63) is 11.5 Å². The van der Waals surface area contributed by atoms with Crippen LogP contribution < -0.4 is 15.4 Å². The number of nitrogens with zero attached hydrogens (tertiary/aromatic N) is 2. The third kappa shape index (κ3) is 4.90. The fourth-order valence-corrected chi connectivity index (χ4v) is 1.61. The van der Waals surface area contributed by atoms with Crippen LogP contribution in [0.4, 0.5) is 5.82 Å². The first-order valence-electron chi connectivity index (χ1n) is 6.16. The number of halogens is 1. The van der Waals surface area contributed by atoms with E-state index in [2.05, 4.69) is 20.6 Å². The minimum absolute atomic E-state index is 0.000898. The molecule has 0 saturated carbocycles. The number of aromatic nitrogens is 2. The molecule has 0 aliphatic heterocycles. The number of anilines is 1. The summed E-state index contributed by atoms with van der Waals surface area (Å²) in [6.45, 7) is 4.45. The lowest BCUT2D eigenvalue weighted by atomic mass is 10.2. The van der Waals surface area contributed by atoms with Crippen molar-refractivity contribution in [1.29, 1.82) is 0 Å². The Morgan fingerprint density at radius 2 is 2.26 bits per heavy atom. The highest BCUT2D eigenvalue weighted by Crippen LogP contribution is 2.27. The van der Waals surface area contributed by atoms with Gasteiger partial charge in [-0.05, 0) is 13.3 Å². The molecule has 0 spiro atoms. The molecular formula is C12H19ClN4O2. The van der Waals surface area contributed by atoms with Gasteiger partial charge >= 0.3 is 0 Å². The molecule has 1 amide bonds. The molecule has 0 radical (unpaired) electrons. The molecule has 1 aromatic rings. The Morgan fingerprint density at radius 1 is 1.53 bits per heavy atom. The van der Waals surface area contributed by atoms with Crippen molar-refractivity contribution < 1.29 is 9.53 Å². The van der Waals surface area contributed by atoms with Crippen molar-refractivity contribution in [3.63, 3.8) is 0 Å². The Balaban J connectivity index is 2.45. The van der Waals surface area contributed by atoms with Gasteiger partial charge in [0, 0.05) is 19.0 Å². The maximum absolute atomic E-state index is 11.6. The smallest absolute Gasteiger partial charge is 0.221 e. The highest BCUT2D eigenvalue weighted by Gasteiger charge is 2.10. The maximum atomic E-state index is 11.6. The first kappa shape index (κ1) is 15.5. The average molecular weight is 287 g/mol. The SMILES string of the molecule is CCC(C)NC(=O)CCNc1ncnc(Cl)c1OC. The highest BCUT2D eigenvalue weighted by atomic mass is 35.5. The molecule has 1 atom stereocenters. The summed E-state index contributed by atoms with van der Waals surface area (Å²) in [6.07, 6.45) is 2.61. The van der Waals surface area contributed by atoms with Crippen molar-refractivity contribution >= 4 is 23.3 Å². The lowest BCUT2D eigenvalue weighted by Gasteiger charge is -2.12. The number of rotatable bonds is 7. The van der Waals surface area contributed by atoms with Crippen LogP contribution in [0, 0.1) is 0 Å². The number of hydrogen-bond acceptors (Lipinski definition) is 5. The predicted molar refractivity (Wildman–Crippen MR) is 74.6 cm³/mol. The number of methoxy groups -OCH3 is 1. The van der Waals surface area contributed by atoms with Crippen molar-refractivity contribution in [2.45, 2.75) is 32.7 Å². The fraction of sp³-hybridized carbons (Fsp3) is 0.583. The van der Waals surface area contributed by atoms with Gasteiger partial charge in [-0.3, -0.25) is 4.79 Å². The molecule has 2 N–H and O–H groups in total. The number of carbonyl (C=O) groups excluding carboxylic acids is 1. The summed E-state index contributed by atoms with van der Waals surface area (Å²) in [5.74, 6) is 0.867. The molecular weight excluding hydrogens is 268 g/mol. The minimum atomic E-state index is 0.000898. The predicted octanol–water partition coefficient (Wildman–Crippen LogP) is 1.86. The molecule has 6 nitrogen and oxygen atoms in total. The molecule has 1 aromatic heterocycles. The molecule has 1 unspecified atom stereocenters. The normalized spacial score (nSPS) is 11.8. The molecule has 0 saturated heterocycles. The first-order valence-corrected chi connectivity index (χ1v) is 6.54. The quantitative estimate of drug-likeness (QED) is 0.748. The zero-order valence-electron chi connectivity index (χ0n) is 11.4. The van der Waals surface area contributed by atoms with Gasteiger partial charge in [-0.1, -0.05) is 18.5 Å². The molecule has 0 aromatic carbocycles. The largest absolute Gasteiger partial charge is 0.490 e. The van der Waals surface area contributed by atoms with E-state index in [-0.39, 0.29) is 17.1 Å². The second-order valence-electron chi connectivity index (χ2n) is 4.10. The van der Waals surface area contributed by atoms with E-state index >= 15 is 0 Å². The number of carbonyl (C=O) groups is 1. The van der Waals surface area contributed by atoms with Crippen molar-refractivity contribution in [2.24, 2.45) is 0 Å². The summed E-state index contributed by atoms with van der Waals surface area (Å²) in [5.41, 5.74) is 0. The van der Waals surface area contributed by atoms with Crippen LogP contribution in [0.1, 0.15) is 26.7 Å². The van der Waals surface area contributed by atoms with Gasteiger partial charge in [-0.25, -0.2) is 9.97 Å². The summed E-state index contributed by atoms with van der Waals surface area (Å²) < 4.78 is 5.10. The van der Waals surface area contributed by atoms with E-state index in [1.165, 1.54) is 13.4 Å². The number of ether oxygens (including phenoxy) is 1. The first-order chi connectivity index (χ1) is 9.08. The van der Waals surface area contributed by atoms with Crippen molar-refractivity contribution in [1.82, 2.24) is 15.3 Å². The van der Waals surface area contributed by atoms with Crippen molar-refractivity contribution in [2.75, 3.05) is 19.0 Å². The van der Waals surface area contributed by atoms with Crippen molar-refractivity contribution in [3.8, 4) is 5.75 Å². The molecule has 0 aliphatic rings. The zero-order valence-corrected chi connectivity index (χ0v) is 12.1. The molecule has 1 rings (SSSR count). The van der Waals surface area contributed by atoms with Crippen LogP contribution in [-0.2, 0) is 4.79 Å². The van der Waals surface area contributed by atoms with Crippen LogP contribution >= 0.6 is 11.6 Å². The molecule has 0 fully saturated rings. The van der Waals surface area contributed by atoms with Gasteiger partial charge in [0.2, 0.25) is 5.91 Å². The lowest BCUT2D eigenvalue weighted by molar-refractivity contribution is -0.121. The van der Waals surface area contributed by atoms with Gasteiger partial charge in [-0.2, -0.15) is 0 Å². The number of nitrogens with one attached hydrogen (secondary N) is 2. The molecule has 7 heteroatoms. The topological polar surface area (TPSA) is 76.1 Å². The molecule has 0 aliphatic carbocycles. The summed E-state index contributed by atoms with van der Waals surface area (Å²) in [6, 6.07) is 0.190. The molecule has 19 heavy (non-hydrogen) atoms. The average Bonchev–Trinajstić information content (AvgIpc) is 2.38. The van der Waals surface area contributed by atoms with Crippen LogP contribution in [0.5, 0.6) is 5.75 Å². The van der Waals surface area contributed by atoms with Gasteiger partial charge < -0.3 is 15.4 Å². The number of hydrogen-bond donors (Lipinski definition) is 2. The van der Waals surface area contributed by atoms with Crippen LogP contribution in [0.3, 0.4) is 0 Å². The van der Waals surface area contributed by atoms with E-state index in [1.54, 1.807) is 0 Å². The summed E-state index contributed by atoms with van der Waals surface area (Å²) in [7, 11) is 1.49. The Bertz CT molecular complexity index is 428. The molecule has 0 bridgehead atoms. The summed E-state index contributed by atoms with van der Waals surface area (Å²) >= 11 is 5.86. The van der Waals surface area contributed by atoms with E-state index in [4.69, 9.17) is 16.3 Å². The standard InChI is InChI=1S/C12H19ClN4O2/c1-4-8(2)17-9(18)5-6-14-12-10(19-3)11(13)15-7-16-12/h7-8H,4-6H2,1-3H3,(H,17,18)(H,14,15,16). The second kappa shape index (κ2) is 7.78. The monoisotopic (exact) mass is 286 g/mol. The Kier molecular flexibility index (Phi) is 6.35. The number of amides is 1. The van der Waals surface area contributed by atoms with Crippen LogP contribution in [0.2, 0.25) is 5.15 Å².